The van der Waals surface area contributed by atoms with Gasteiger partial charge in [0.25, 0.3) is 0 Å². The van der Waals surface area contributed by atoms with E-state index < -0.39 is 13.5 Å². The summed E-state index contributed by atoms with van der Waals surface area (Å²) in [7, 11) is 1.29. The second-order valence-corrected chi connectivity index (χ2v) is 2.47. The third-order valence-corrected chi connectivity index (χ3v) is 1.74. The number of hydrogen-bond donors (Lipinski definition) is 2. The van der Waals surface area contributed by atoms with Crippen molar-refractivity contribution in [1.29, 1.82) is 0 Å². The fourth-order valence-corrected chi connectivity index (χ4v) is 1.15. The van der Waals surface area contributed by atoms with Gasteiger partial charge < -0.3 is 24.3 Å². The molecule has 0 radical (unpaired) electrons. The number of allylic oxidation sites excluding steroid dienone is 2. The van der Waals surface area contributed by atoms with Crippen LogP contribution in [0.2, 0.25) is 0 Å². The van der Waals surface area contributed by atoms with Crippen molar-refractivity contribution >= 4 is 7.25 Å². The molecule has 1 atom stereocenters. The molecule has 5 nitrogen and oxygen atoms in total. The predicted molar refractivity (Wildman–Crippen MR) is 47.1 cm³/mol. The highest BCUT2D eigenvalue weighted by Crippen LogP contribution is 2.17. The molecular weight excluding hydrogens is 173 g/mol. The van der Waals surface area contributed by atoms with E-state index in [1.807, 2.05) is 0 Å². The molecule has 2 N–H and O–H groups in total. The zero-order valence-corrected chi connectivity index (χ0v) is 7.54. The average molecular weight is 185 g/mol. The lowest BCUT2D eigenvalue weighted by molar-refractivity contribution is 0.0131. The van der Waals surface area contributed by atoms with Crippen LogP contribution in [0.15, 0.2) is 24.1 Å². The molecule has 1 aliphatic rings. The maximum atomic E-state index is 9.03. The minimum absolute atomic E-state index is 0.351. The van der Waals surface area contributed by atoms with Crippen molar-refractivity contribution in [1.82, 2.24) is 4.81 Å². The summed E-state index contributed by atoms with van der Waals surface area (Å²) in [5.41, 5.74) is 0. The SMILES string of the molecule is COC1=CC=CC(OC)N1B(O)O. The molecule has 6 heteroatoms. The van der Waals surface area contributed by atoms with Gasteiger partial charge in [-0.15, -0.1) is 0 Å². The molecular formula is C7H12BNO4. The number of hydrogen-bond acceptors (Lipinski definition) is 5. The molecule has 1 unspecified atom stereocenters. The first-order valence-electron chi connectivity index (χ1n) is 3.80. The van der Waals surface area contributed by atoms with E-state index in [1.54, 1.807) is 18.2 Å². The summed E-state index contributed by atoms with van der Waals surface area (Å²) in [5.74, 6) is 0.351. The molecule has 0 saturated carbocycles. The highest BCUT2D eigenvalue weighted by atomic mass is 16.5. The fraction of sp³-hybridized carbons (Fsp3) is 0.429. The van der Waals surface area contributed by atoms with Crippen LogP contribution in [0, 0.1) is 0 Å². The van der Waals surface area contributed by atoms with Gasteiger partial charge in [0.05, 0.1) is 7.11 Å². The van der Waals surface area contributed by atoms with Gasteiger partial charge in [-0.05, 0) is 12.2 Å². The van der Waals surface area contributed by atoms with E-state index >= 15 is 0 Å². The van der Waals surface area contributed by atoms with Gasteiger partial charge in [0.2, 0.25) is 0 Å². The second-order valence-electron chi connectivity index (χ2n) is 2.47. The van der Waals surface area contributed by atoms with E-state index in [2.05, 4.69) is 0 Å². The number of ether oxygens (including phenoxy) is 2. The standard InChI is InChI=1S/C7H12BNO4/c1-12-6-4-3-5-7(13-2)9(6)8(10)11/h3-6,10-11H,1-2H3. The first-order valence-corrected chi connectivity index (χ1v) is 3.80. The van der Waals surface area contributed by atoms with Gasteiger partial charge in [-0.25, -0.2) is 0 Å². The van der Waals surface area contributed by atoms with Crippen molar-refractivity contribution < 1.29 is 19.5 Å². The van der Waals surface area contributed by atoms with Crippen LogP contribution in [0.4, 0.5) is 0 Å². The van der Waals surface area contributed by atoms with Crippen molar-refractivity contribution in [3.8, 4) is 0 Å². The van der Waals surface area contributed by atoms with Crippen molar-refractivity contribution in [2.45, 2.75) is 6.23 Å². The smallest absolute Gasteiger partial charge is 0.483 e. The van der Waals surface area contributed by atoms with E-state index in [1.165, 1.54) is 19.0 Å². The van der Waals surface area contributed by atoms with Gasteiger partial charge >= 0.3 is 7.25 Å². The molecule has 0 bridgehead atoms. The summed E-state index contributed by atoms with van der Waals surface area (Å²) >= 11 is 0. The predicted octanol–water partition coefficient (Wildman–Crippen LogP) is -0.712. The van der Waals surface area contributed by atoms with Gasteiger partial charge in [-0.1, -0.05) is 6.08 Å². The van der Waals surface area contributed by atoms with Crippen molar-refractivity contribution in [2.75, 3.05) is 14.2 Å². The summed E-state index contributed by atoms with van der Waals surface area (Å²) in [6.45, 7) is 0. The van der Waals surface area contributed by atoms with Crippen LogP contribution in [-0.4, -0.2) is 42.6 Å². The molecule has 1 rings (SSSR count). The monoisotopic (exact) mass is 185 g/mol. The Morgan fingerprint density at radius 3 is 2.62 bits per heavy atom. The van der Waals surface area contributed by atoms with Crippen molar-refractivity contribution in [3.05, 3.63) is 24.1 Å². The zero-order valence-electron chi connectivity index (χ0n) is 7.54. The molecule has 1 aliphatic heterocycles. The van der Waals surface area contributed by atoms with E-state index in [9.17, 15) is 0 Å². The molecule has 0 aliphatic carbocycles. The summed E-state index contributed by atoms with van der Waals surface area (Å²) in [5, 5.41) is 18.1. The normalized spacial score (nSPS) is 21.4. The molecule has 0 aromatic carbocycles. The van der Waals surface area contributed by atoms with Crippen molar-refractivity contribution in [2.24, 2.45) is 0 Å². The van der Waals surface area contributed by atoms with Crippen LogP contribution in [0.1, 0.15) is 0 Å². The molecule has 72 valence electrons. The minimum atomic E-state index is -1.64. The number of methoxy groups -OCH3 is 2. The lowest BCUT2D eigenvalue weighted by atomic mass is 10.0. The Hall–Kier alpha value is -0.975. The van der Waals surface area contributed by atoms with E-state index in [0.29, 0.717) is 5.88 Å². The molecule has 13 heavy (non-hydrogen) atoms. The molecule has 0 saturated heterocycles. The molecule has 0 aromatic heterocycles. The van der Waals surface area contributed by atoms with Crippen LogP contribution >= 0.6 is 0 Å². The Labute approximate surface area is 77.0 Å². The third-order valence-electron chi connectivity index (χ3n) is 1.74. The zero-order chi connectivity index (χ0) is 9.84. The number of rotatable bonds is 3. The van der Waals surface area contributed by atoms with Crippen LogP contribution < -0.4 is 0 Å². The summed E-state index contributed by atoms with van der Waals surface area (Å²) in [4.78, 5) is 1.19. The van der Waals surface area contributed by atoms with Crippen LogP contribution in [0.25, 0.3) is 0 Å². The fourth-order valence-electron chi connectivity index (χ4n) is 1.15. The maximum absolute atomic E-state index is 9.03. The largest absolute Gasteiger partial charge is 0.592 e. The van der Waals surface area contributed by atoms with Gasteiger partial charge in [-0.3, -0.25) is 0 Å². The van der Waals surface area contributed by atoms with E-state index in [-0.39, 0.29) is 0 Å². The van der Waals surface area contributed by atoms with Crippen LogP contribution in [-0.2, 0) is 9.47 Å². The van der Waals surface area contributed by atoms with Gasteiger partial charge in [0, 0.05) is 7.11 Å². The lowest BCUT2D eigenvalue weighted by Gasteiger charge is -2.32. The summed E-state index contributed by atoms with van der Waals surface area (Å²) in [6, 6.07) is 0. The Kier molecular flexibility index (Phi) is 3.35. The van der Waals surface area contributed by atoms with Crippen molar-refractivity contribution in [3.63, 3.8) is 0 Å². The van der Waals surface area contributed by atoms with E-state index in [4.69, 9.17) is 19.5 Å². The Bertz CT molecular complexity index is 229. The van der Waals surface area contributed by atoms with Gasteiger partial charge in [-0.2, -0.15) is 0 Å². The average Bonchev–Trinajstić information content (AvgIpc) is 2.16. The molecule has 0 amide bonds. The Morgan fingerprint density at radius 2 is 2.15 bits per heavy atom. The highest BCUT2D eigenvalue weighted by Gasteiger charge is 2.31. The van der Waals surface area contributed by atoms with Gasteiger partial charge in [0.15, 0.2) is 5.88 Å². The summed E-state index contributed by atoms with van der Waals surface area (Å²) < 4.78 is 9.93. The topological polar surface area (TPSA) is 62.2 Å². The quantitative estimate of drug-likeness (QED) is 0.568. The molecule has 0 fully saturated rings. The first kappa shape index (κ1) is 10.1. The minimum Gasteiger partial charge on any atom is -0.483 e. The molecule has 0 aromatic rings. The Balaban J connectivity index is 2.83. The molecule has 1 heterocycles. The highest BCUT2D eigenvalue weighted by molar-refractivity contribution is 6.38. The van der Waals surface area contributed by atoms with Crippen LogP contribution in [0.3, 0.4) is 0 Å². The lowest BCUT2D eigenvalue weighted by Crippen LogP contribution is -2.47. The van der Waals surface area contributed by atoms with Crippen LogP contribution in [0.5, 0.6) is 0 Å². The Morgan fingerprint density at radius 1 is 1.46 bits per heavy atom. The first-order chi connectivity index (χ1) is 6.20. The number of nitrogens with zero attached hydrogens (tertiary/aromatic N) is 1. The third kappa shape index (κ3) is 2.03. The van der Waals surface area contributed by atoms with Gasteiger partial charge in [0.1, 0.15) is 6.23 Å². The van der Waals surface area contributed by atoms with E-state index in [0.717, 1.165) is 0 Å². The maximum Gasteiger partial charge on any atom is 0.592 e. The second kappa shape index (κ2) is 4.31. The molecule has 0 spiro atoms. The summed E-state index contributed by atoms with van der Waals surface area (Å²) in [6.07, 6.45) is 4.52.